The number of benzene rings is 3. The molecule has 0 saturated carbocycles. The van der Waals surface area contributed by atoms with Crippen molar-refractivity contribution in [1.29, 1.82) is 0 Å². The molecule has 0 unspecified atom stereocenters. The van der Waals surface area contributed by atoms with Crippen LogP contribution in [0.25, 0.3) is 10.8 Å². The van der Waals surface area contributed by atoms with Crippen LogP contribution in [0.5, 0.6) is 0 Å². The number of amides is 3. The van der Waals surface area contributed by atoms with E-state index >= 15 is 0 Å². The van der Waals surface area contributed by atoms with Crippen LogP contribution in [0.15, 0.2) is 54.6 Å². The lowest BCUT2D eigenvalue weighted by atomic mass is 9.92. The largest absolute Gasteiger partial charge is 0.452 e. The summed E-state index contributed by atoms with van der Waals surface area (Å²) >= 11 is 0. The van der Waals surface area contributed by atoms with Gasteiger partial charge < -0.3 is 10.1 Å². The molecule has 0 spiro atoms. The van der Waals surface area contributed by atoms with Gasteiger partial charge in [0.15, 0.2) is 6.61 Å². The Bertz CT molecular complexity index is 1370. The minimum absolute atomic E-state index is 0.0113. The predicted molar refractivity (Wildman–Crippen MR) is 131 cm³/mol. The van der Waals surface area contributed by atoms with Gasteiger partial charge in [0, 0.05) is 28.6 Å². The summed E-state index contributed by atoms with van der Waals surface area (Å²) in [6.07, 6.45) is 1.53. The Balaban J connectivity index is 1.54. The Hall–Kier alpha value is -4.60. The molecule has 0 radical (unpaired) electrons. The molecule has 10 nitrogen and oxygen atoms in total. The molecule has 1 aliphatic heterocycles. The molecule has 0 atom stereocenters. The zero-order valence-corrected chi connectivity index (χ0v) is 19.6. The number of imide groups is 1. The number of hydrogen-bond donors (Lipinski definition) is 1. The highest BCUT2D eigenvalue weighted by Crippen LogP contribution is 2.36. The first-order chi connectivity index (χ1) is 17.3. The van der Waals surface area contributed by atoms with Crippen LogP contribution in [0.4, 0.5) is 11.4 Å². The maximum absolute atomic E-state index is 13.2. The number of hydrogen-bond acceptors (Lipinski definition) is 7. The lowest BCUT2D eigenvalue weighted by Gasteiger charge is -2.27. The number of carbonyl (C=O) groups excluding carboxylic acids is 4. The van der Waals surface area contributed by atoms with Crippen molar-refractivity contribution in [3.05, 3.63) is 81.4 Å². The van der Waals surface area contributed by atoms with Crippen molar-refractivity contribution in [3.63, 3.8) is 0 Å². The van der Waals surface area contributed by atoms with Crippen molar-refractivity contribution in [2.24, 2.45) is 0 Å². The number of esters is 1. The van der Waals surface area contributed by atoms with Crippen molar-refractivity contribution in [2.45, 2.75) is 32.7 Å². The number of nitro benzene ring substituents is 1. The van der Waals surface area contributed by atoms with E-state index in [-0.39, 0.29) is 44.9 Å². The van der Waals surface area contributed by atoms with Gasteiger partial charge in [0.25, 0.3) is 23.4 Å². The van der Waals surface area contributed by atoms with Crippen LogP contribution in [0.2, 0.25) is 0 Å². The van der Waals surface area contributed by atoms with Gasteiger partial charge in [-0.3, -0.25) is 24.5 Å². The van der Waals surface area contributed by atoms with Crippen LogP contribution >= 0.6 is 0 Å². The van der Waals surface area contributed by atoms with Crippen LogP contribution in [-0.2, 0) is 9.53 Å². The highest BCUT2D eigenvalue weighted by atomic mass is 16.6. The summed E-state index contributed by atoms with van der Waals surface area (Å²) in [6.45, 7) is 3.47. The van der Waals surface area contributed by atoms with E-state index in [9.17, 15) is 29.3 Å². The molecule has 0 aromatic heterocycles. The highest BCUT2D eigenvalue weighted by molar-refractivity contribution is 6.36. The molecular formula is C26H23N3O7. The molecule has 3 aromatic rings. The topological polar surface area (TPSA) is 136 Å². The number of nitrogens with one attached hydrogen (secondary N) is 1. The highest BCUT2D eigenvalue weighted by Gasteiger charge is 2.35. The average Bonchev–Trinajstić information content (AvgIpc) is 2.88. The molecule has 10 heteroatoms. The van der Waals surface area contributed by atoms with Crippen LogP contribution in [0, 0.1) is 10.1 Å². The molecule has 3 aromatic carbocycles. The quantitative estimate of drug-likeness (QED) is 0.218. The van der Waals surface area contributed by atoms with E-state index in [0.29, 0.717) is 0 Å². The summed E-state index contributed by atoms with van der Waals surface area (Å²) < 4.78 is 5.07. The smallest absolute Gasteiger partial charge is 0.338 e. The molecular weight excluding hydrogens is 466 g/mol. The second-order valence-electron chi connectivity index (χ2n) is 8.27. The number of carbonyl (C=O) groups is 4. The number of rotatable bonds is 8. The van der Waals surface area contributed by atoms with Gasteiger partial charge in [0.2, 0.25) is 0 Å². The van der Waals surface area contributed by atoms with Gasteiger partial charge in [-0.15, -0.1) is 0 Å². The number of anilines is 1. The van der Waals surface area contributed by atoms with Gasteiger partial charge in [-0.05, 0) is 55.3 Å². The van der Waals surface area contributed by atoms with Crippen LogP contribution in [-0.4, -0.2) is 41.3 Å². The van der Waals surface area contributed by atoms with E-state index in [2.05, 4.69) is 5.32 Å². The first kappa shape index (κ1) is 24.5. The molecule has 184 valence electrons. The van der Waals surface area contributed by atoms with Crippen molar-refractivity contribution in [2.75, 3.05) is 11.5 Å². The lowest BCUT2D eigenvalue weighted by molar-refractivity contribution is -0.383. The summed E-state index contributed by atoms with van der Waals surface area (Å²) in [5.41, 5.74) is 0.495. The van der Waals surface area contributed by atoms with E-state index in [1.54, 1.807) is 0 Å². The Morgan fingerprint density at radius 1 is 0.972 bits per heavy atom. The minimum Gasteiger partial charge on any atom is -0.452 e. The normalized spacial score (nSPS) is 12.7. The van der Waals surface area contributed by atoms with E-state index < -0.39 is 35.2 Å². The fourth-order valence-electron chi connectivity index (χ4n) is 4.20. The van der Waals surface area contributed by atoms with Gasteiger partial charge in [0.05, 0.1) is 21.6 Å². The molecule has 1 heterocycles. The first-order valence-electron chi connectivity index (χ1n) is 11.4. The summed E-state index contributed by atoms with van der Waals surface area (Å²) in [5.74, 6) is -2.38. The minimum atomic E-state index is -0.722. The Kier molecular flexibility index (Phi) is 6.77. The van der Waals surface area contributed by atoms with Crippen LogP contribution in [0.3, 0.4) is 0 Å². The molecule has 0 aliphatic carbocycles. The van der Waals surface area contributed by atoms with Gasteiger partial charge in [-0.2, -0.15) is 0 Å². The summed E-state index contributed by atoms with van der Waals surface area (Å²) in [5, 5.41) is 14.6. The molecule has 1 aliphatic rings. The predicted octanol–water partition coefficient (Wildman–Crippen LogP) is 4.01. The lowest BCUT2D eigenvalue weighted by Crippen LogP contribution is -2.40. The molecule has 4 rings (SSSR count). The zero-order chi connectivity index (χ0) is 26.0. The van der Waals surface area contributed by atoms with E-state index in [1.165, 1.54) is 54.6 Å². The fourth-order valence-corrected chi connectivity index (χ4v) is 4.20. The van der Waals surface area contributed by atoms with Gasteiger partial charge in [-0.1, -0.05) is 19.9 Å². The first-order valence-corrected chi connectivity index (χ1v) is 11.4. The van der Waals surface area contributed by atoms with E-state index in [1.807, 2.05) is 13.8 Å². The molecule has 3 amide bonds. The molecule has 1 N–H and O–H groups in total. The van der Waals surface area contributed by atoms with Crippen molar-refractivity contribution < 1.29 is 28.8 Å². The Labute approximate surface area is 206 Å². The average molecular weight is 489 g/mol. The van der Waals surface area contributed by atoms with Gasteiger partial charge in [0.1, 0.15) is 0 Å². The standard InChI is InChI=1S/C26H23N3O7/c1-3-16(4-2)27-22(30)14-36-26(33)15-8-10-17(11-9-15)28-24(31)19-7-5-6-18-21(29(34)35)13-12-20(23(18)19)25(28)32/h5-13,16H,3-4,14H2,1-2H3,(H,27,30). The second kappa shape index (κ2) is 9.95. The maximum atomic E-state index is 13.2. The van der Waals surface area contributed by atoms with E-state index in [0.717, 1.165) is 17.7 Å². The summed E-state index contributed by atoms with van der Waals surface area (Å²) in [7, 11) is 0. The fraction of sp³-hybridized carbons (Fsp3) is 0.231. The maximum Gasteiger partial charge on any atom is 0.338 e. The van der Waals surface area contributed by atoms with Crippen molar-refractivity contribution in [3.8, 4) is 0 Å². The summed E-state index contributed by atoms with van der Waals surface area (Å²) in [6, 6.07) is 12.8. The van der Waals surface area contributed by atoms with Crippen molar-refractivity contribution >= 4 is 45.8 Å². The van der Waals surface area contributed by atoms with Crippen molar-refractivity contribution in [1.82, 2.24) is 5.32 Å². The molecule has 0 bridgehead atoms. The summed E-state index contributed by atoms with van der Waals surface area (Å²) in [4.78, 5) is 62.6. The number of ether oxygens (including phenoxy) is 1. The van der Waals surface area contributed by atoms with Gasteiger partial charge in [-0.25, -0.2) is 9.69 Å². The Morgan fingerprint density at radius 2 is 1.61 bits per heavy atom. The number of nitrogens with zero attached hydrogens (tertiary/aromatic N) is 2. The third kappa shape index (κ3) is 4.40. The number of nitro groups is 1. The zero-order valence-electron chi connectivity index (χ0n) is 19.6. The SMILES string of the molecule is CCC(CC)NC(=O)COC(=O)c1ccc(N2C(=O)c3cccc4c([N+](=O)[O-])ccc(c34)C2=O)cc1. The third-order valence-electron chi connectivity index (χ3n) is 6.13. The Morgan fingerprint density at radius 3 is 2.22 bits per heavy atom. The van der Waals surface area contributed by atoms with Crippen LogP contribution < -0.4 is 10.2 Å². The molecule has 0 saturated heterocycles. The second-order valence-corrected chi connectivity index (χ2v) is 8.27. The third-order valence-corrected chi connectivity index (χ3v) is 6.13. The van der Waals surface area contributed by atoms with Gasteiger partial charge >= 0.3 is 5.97 Å². The monoisotopic (exact) mass is 489 g/mol. The molecule has 0 fully saturated rings. The number of non-ortho nitro benzene ring substituents is 1. The van der Waals surface area contributed by atoms with E-state index in [4.69, 9.17) is 4.74 Å². The molecule has 36 heavy (non-hydrogen) atoms. The van der Waals surface area contributed by atoms with Crippen LogP contribution in [0.1, 0.15) is 57.8 Å².